The molecule has 0 aliphatic carbocycles. The van der Waals surface area contributed by atoms with Crippen LogP contribution in [0.4, 0.5) is 11.5 Å². The molecule has 0 aliphatic rings. The average Bonchev–Trinajstić information content (AvgIpc) is 2.81. The minimum absolute atomic E-state index is 0.0669. The van der Waals surface area contributed by atoms with Crippen LogP contribution in [-0.4, -0.2) is 53.2 Å². The van der Waals surface area contributed by atoms with Crippen molar-refractivity contribution in [3.8, 4) is 17.0 Å². The summed E-state index contributed by atoms with van der Waals surface area (Å²) in [5.74, 6) is 6.61. The Hall–Kier alpha value is -2.42. The van der Waals surface area contributed by atoms with E-state index in [-0.39, 0.29) is 12.1 Å². The molecule has 0 spiro atoms. The molecule has 0 saturated heterocycles. The lowest BCUT2D eigenvalue weighted by molar-refractivity contribution is 0.100. The van der Waals surface area contributed by atoms with Crippen LogP contribution in [0.3, 0.4) is 0 Å². The van der Waals surface area contributed by atoms with Crippen molar-refractivity contribution in [3.63, 3.8) is 0 Å². The van der Waals surface area contributed by atoms with Crippen LogP contribution < -0.4 is 26.2 Å². The topological polar surface area (TPSA) is 109 Å². The number of aromatic nitrogens is 2. The zero-order valence-corrected chi connectivity index (χ0v) is 20.9. The number of unbranched alkanes of at least 4 members (excludes halogenated alkanes) is 2. The van der Waals surface area contributed by atoms with Crippen LogP contribution in [0.5, 0.6) is 5.75 Å². The summed E-state index contributed by atoms with van der Waals surface area (Å²) in [7, 11) is 0. The van der Waals surface area contributed by atoms with Gasteiger partial charge in [-0.05, 0) is 63.9 Å². The van der Waals surface area contributed by atoms with Crippen molar-refractivity contribution >= 4 is 11.5 Å². The number of anilines is 2. The number of nitrogens with one attached hydrogen (secondary N) is 2. The van der Waals surface area contributed by atoms with Crippen molar-refractivity contribution in [2.75, 3.05) is 36.6 Å². The average molecular weight is 459 g/mol. The smallest absolute Gasteiger partial charge is 0.162 e. The number of hydrogen-bond donors (Lipinski definition) is 4. The van der Waals surface area contributed by atoms with Gasteiger partial charge in [-0.15, -0.1) is 10.2 Å². The van der Waals surface area contributed by atoms with Gasteiger partial charge in [-0.25, -0.2) is 5.84 Å². The lowest BCUT2D eigenvalue weighted by Gasteiger charge is -2.26. The predicted molar refractivity (Wildman–Crippen MR) is 137 cm³/mol. The SMILES string of the molecule is CCCCN(CCCC)c1ccc(OCC(O)CNC(C)(C)C)c(-c2ccc(NN)nn2)c1. The summed E-state index contributed by atoms with van der Waals surface area (Å²) < 4.78 is 6.06. The number of hydrogen-bond acceptors (Lipinski definition) is 8. The third-order valence-electron chi connectivity index (χ3n) is 5.28. The molecule has 0 bridgehead atoms. The van der Waals surface area contributed by atoms with Crippen molar-refractivity contribution in [1.82, 2.24) is 15.5 Å². The summed E-state index contributed by atoms with van der Waals surface area (Å²) in [5, 5.41) is 22.2. The molecule has 1 unspecified atom stereocenters. The highest BCUT2D eigenvalue weighted by Gasteiger charge is 2.16. The molecule has 1 aromatic carbocycles. The lowest BCUT2D eigenvalue weighted by Crippen LogP contribution is -2.42. The standard InChI is InChI=1S/C25H42N6O2/c1-6-8-14-31(15-9-7-2)19-10-12-23(33-18-20(32)17-27-25(3,4)5)21(16-19)22-11-13-24(28-26)30-29-22/h10-13,16,20,27,32H,6-9,14-15,17-18,26H2,1-5H3,(H,28,30). The summed E-state index contributed by atoms with van der Waals surface area (Å²) in [6, 6.07) is 9.82. The molecule has 2 aromatic rings. The quantitative estimate of drug-likeness (QED) is 0.249. The van der Waals surface area contributed by atoms with Gasteiger partial charge in [-0.1, -0.05) is 26.7 Å². The third-order valence-corrected chi connectivity index (χ3v) is 5.28. The van der Waals surface area contributed by atoms with E-state index in [1.165, 1.54) is 0 Å². The number of hydrazine groups is 1. The van der Waals surface area contributed by atoms with E-state index in [4.69, 9.17) is 10.6 Å². The summed E-state index contributed by atoms with van der Waals surface area (Å²) in [4.78, 5) is 2.42. The Morgan fingerprint density at radius 3 is 2.30 bits per heavy atom. The Labute approximate surface area is 198 Å². The molecular weight excluding hydrogens is 416 g/mol. The Morgan fingerprint density at radius 2 is 1.76 bits per heavy atom. The first-order valence-electron chi connectivity index (χ1n) is 12.0. The first kappa shape index (κ1) is 26.8. The number of aliphatic hydroxyl groups is 1. The molecular formula is C25H42N6O2. The number of rotatable bonds is 14. The normalized spacial score (nSPS) is 12.5. The van der Waals surface area contributed by atoms with Crippen LogP contribution in [0.15, 0.2) is 30.3 Å². The number of nitrogens with zero attached hydrogens (tertiary/aromatic N) is 3. The number of benzene rings is 1. The second-order valence-corrected chi connectivity index (χ2v) is 9.42. The van der Waals surface area contributed by atoms with Gasteiger partial charge >= 0.3 is 0 Å². The van der Waals surface area contributed by atoms with Gasteiger partial charge in [0.2, 0.25) is 0 Å². The number of nitrogens with two attached hydrogens (primary N) is 1. The molecule has 33 heavy (non-hydrogen) atoms. The van der Waals surface area contributed by atoms with Gasteiger partial charge < -0.3 is 25.5 Å². The van der Waals surface area contributed by atoms with Crippen molar-refractivity contribution in [1.29, 1.82) is 0 Å². The van der Waals surface area contributed by atoms with E-state index >= 15 is 0 Å². The molecule has 1 heterocycles. The van der Waals surface area contributed by atoms with Gasteiger partial charge in [0.05, 0.1) is 5.69 Å². The third kappa shape index (κ3) is 9.15. The van der Waals surface area contributed by atoms with E-state index in [0.717, 1.165) is 50.0 Å². The molecule has 0 saturated carbocycles. The second kappa shape index (κ2) is 13.3. The number of aliphatic hydroxyl groups excluding tert-OH is 1. The summed E-state index contributed by atoms with van der Waals surface area (Å²) in [6.45, 7) is 13.3. The Kier molecular flexibility index (Phi) is 10.8. The first-order chi connectivity index (χ1) is 15.8. The highest BCUT2D eigenvalue weighted by atomic mass is 16.5. The molecule has 184 valence electrons. The molecule has 0 aliphatic heterocycles. The second-order valence-electron chi connectivity index (χ2n) is 9.42. The lowest BCUT2D eigenvalue weighted by atomic mass is 10.1. The van der Waals surface area contributed by atoms with Crippen LogP contribution in [0, 0.1) is 0 Å². The highest BCUT2D eigenvalue weighted by molar-refractivity contribution is 5.72. The van der Waals surface area contributed by atoms with Crippen LogP contribution in [0.1, 0.15) is 60.3 Å². The monoisotopic (exact) mass is 458 g/mol. The number of β-amino-alcohol motifs (C(OH)–C–C–N with tert-alkyl or cyclic N) is 1. The molecule has 1 aromatic heterocycles. The molecule has 5 N–H and O–H groups in total. The summed E-state index contributed by atoms with van der Waals surface area (Å²) >= 11 is 0. The van der Waals surface area contributed by atoms with Crippen LogP contribution in [-0.2, 0) is 0 Å². The largest absolute Gasteiger partial charge is 0.490 e. The van der Waals surface area contributed by atoms with E-state index in [0.29, 0.717) is 23.8 Å². The molecule has 0 amide bonds. The highest BCUT2D eigenvalue weighted by Crippen LogP contribution is 2.33. The van der Waals surface area contributed by atoms with Crippen molar-refractivity contribution in [2.24, 2.45) is 5.84 Å². The molecule has 8 heteroatoms. The van der Waals surface area contributed by atoms with E-state index in [1.807, 2.05) is 12.1 Å². The van der Waals surface area contributed by atoms with E-state index in [9.17, 15) is 5.11 Å². The van der Waals surface area contributed by atoms with Crippen molar-refractivity contribution in [2.45, 2.75) is 71.9 Å². The summed E-state index contributed by atoms with van der Waals surface area (Å²) in [5.41, 5.74) is 5.12. The molecule has 8 nitrogen and oxygen atoms in total. The maximum absolute atomic E-state index is 10.4. The maximum Gasteiger partial charge on any atom is 0.162 e. The van der Waals surface area contributed by atoms with Gasteiger partial charge in [-0.3, -0.25) is 0 Å². The van der Waals surface area contributed by atoms with Crippen molar-refractivity contribution < 1.29 is 9.84 Å². The Balaban J connectivity index is 2.29. The minimum Gasteiger partial charge on any atom is -0.490 e. The van der Waals surface area contributed by atoms with Gasteiger partial charge in [0.1, 0.15) is 18.5 Å². The summed E-state index contributed by atoms with van der Waals surface area (Å²) in [6.07, 6.45) is 3.95. The van der Waals surface area contributed by atoms with Crippen LogP contribution >= 0.6 is 0 Å². The molecule has 0 radical (unpaired) electrons. The molecule has 2 rings (SSSR count). The fraction of sp³-hybridized carbons (Fsp3) is 0.600. The first-order valence-corrected chi connectivity index (χ1v) is 12.0. The molecule has 0 fully saturated rings. The zero-order valence-electron chi connectivity index (χ0n) is 20.9. The minimum atomic E-state index is -0.628. The fourth-order valence-electron chi connectivity index (χ4n) is 3.33. The van der Waals surface area contributed by atoms with Crippen LogP contribution in [0.2, 0.25) is 0 Å². The van der Waals surface area contributed by atoms with E-state index in [1.54, 1.807) is 6.07 Å². The Bertz CT molecular complexity index is 815. The van der Waals surface area contributed by atoms with Crippen molar-refractivity contribution in [3.05, 3.63) is 30.3 Å². The van der Waals surface area contributed by atoms with Gasteiger partial charge in [0.15, 0.2) is 5.82 Å². The predicted octanol–water partition coefficient (Wildman–Crippen LogP) is 3.96. The van der Waals surface area contributed by atoms with Crippen LogP contribution in [0.25, 0.3) is 11.3 Å². The van der Waals surface area contributed by atoms with Gasteiger partial charge in [-0.2, -0.15) is 0 Å². The van der Waals surface area contributed by atoms with Gasteiger partial charge in [0, 0.05) is 36.4 Å². The maximum atomic E-state index is 10.4. The number of ether oxygens (including phenoxy) is 1. The zero-order chi connectivity index (χ0) is 24.3. The van der Waals surface area contributed by atoms with E-state index in [2.05, 4.69) is 72.6 Å². The fourth-order valence-corrected chi connectivity index (χ4v) is 3.33. The Morgan fingerprint density at radius 1 is 1.06 bits per heavy atom. The molecule has 1 atom stereocenters. The van der Waals surface area contributed by atoms with E-state index < -0.39 is 6.10 Å². The number of nitrogen functional groups attached to an aromatic ring is 1. The van der Waals surface area contributed by atoms with Gasteiger partial charge in [0.25, 0.3) is 0 Å².